The van der Waals surface area contributed by atoms with E-state index in [4.69, 9.17) is 0 Å². The van der Waals surface area contributed by atoms with Crippen molar-refractivity contribution < 1.29 is 5.11 Å². The summed E-state index contributed by atoms with van der Waals surface area (Å²) in [6.07, 6.45) is 7.01. The van der Waals surface area contributed by atoms with Crippen molar-refractivity contribution in [1.29, 1.82) is 0 Å². The summed E-state index contributed by atoms with van der Waals surface area (Å²) in [5, 5.41) is 18.1. The second kappa shape index (κ2) is 7.48. The second-order valence-corrected chi connectivity index (χ2v) is 9.41. The highest BCUT2D eigenvalue weighted by Gasteiger charge is 2.30. The molecule has 7 nitrogen and oxygen atoms in total. The fourth-order valence-electron chi connectivity index (χ4n) is 3.26. The fraction of sp³-hybridized carbons (Fsp3) is 0.368. The van der Waals surface area contributed by atoms with E-state index < -0.39 is 0 Å². The molecule has 0 bridgehead atoms. The molecule has 0 aliphatic heterocycles. The van der Waals surface area contributed by atoms with Gasteiger partial charge in [0.15, 0.2) is 11.3 Å². The minimum atomic E-state index is 0.0140. The smallest absolute Gasteiger partial charge is 0.154 e. The molecule has 28 heavy (non-hydrogen) atoms. The summed E-state index contributed by atoms with van der Waals surface area (Å²) in [6, 6.07) is 7.88. The monoisotopic (exact) mass is 600 g/mol. The third-order valence-electron chi connectivity index (χ3n) is 4.98. The maximum absolute atomic E-state index is 9.37. The molecular weight excluding hydrogens is 582 g/mol. The van der Waals surface area contributed by atoms with Crippen LogP contribution in [0.3, 0.4) is 0 Å². The molecule has 0 amide bonds. The van der Waals surface area contributed by atoms with Gasteiger partial charge in [-0.2, -0.15) is 10.2 Å². The lowest BCUT2D eigenvalue weighted by Crippen LogP contribution is -2.00. The van der Waals surface area contributed by atoms with Gasteiger partial charge < -0.3 is 5.11 Å². The zero-order valence-corrected chi connectivity index (χ0v) is 19.3. The van der Waals surface area contributed by atoms with Crippen LogP contribution in [0.15, 0.2) is 30.5 Å². The summed E-state index contributed by atoms with van der Waals surface area (Å²) in [5.41, 5.74) is 4.89. The van der Waals surface area contributed by atoms with Crippen LogP contribution in [-0.2, 0) is 6.61 Å². The number of hydrogen-bond donors (Lipinski definition) is 1. The largest absolute Gasteiger partial charge is 0.390 e. The first-order valence-electron chi connectivity index (χ1n) is 9.29. The number of halogens is 2. The molecule has 2 fully saturated rings. The van der Waals surface area contributed by atoms with Crippen LogP contribution in [0.2, 0.25) is 0 Å². The highest BCUT2D eigenvalue weighted by Crippen LogP contribution is 2.41. The van der Waals surface area contributed by atoms with Crippen molar-refractivity contribution in [2.75, 3.05) is 0 Å². The fourth-order valence-corrected chi connectivity index (χ4v) is 4.07. The number of fused-ring (bicyclic) bond motifs is 2. The quantitative estimate of drug-likeness (QED) is 0.361. The molecule has 4 heterocycles. The van der Waals surface area contributed by atoms with Crippen molar-refractivity contribution in [2.24, 2.45) is 0 Å². The van der Waals surface area contributed by atoms with Crippen molar-refractivity contribution in [3.63, 3.8) is 0 Å². The van der Waals surface area contributed by atoms with Crippen molar-refractivity contribution >= 4 is 56.5 Å². The van der Waals surface area contributed by atoms with Crippen molar-refractivity contribution in [1.82, 2.24) is 29.2 Å². The van der Waals surface area contributed by atoms with E-state index >= 15 is 0 Å². The Morgan fingerprint density at radius 2 is 1.57 bits per heavy atom. The van der Waals surface area contributed by atoms with Gasteiger partial charge in [0.25, 0.3) is 0 Å². The number of nitrogens with zero attached hydrogens (tertiary/aromatic N) is 6. The Kier molecular flexibility index (Phi) is 4.99. The Bertz CT molecular complexity index is 1160. The molecule has 0 saturated heterocycles. The van der Waals surface area contributed by atoms with Gasteiger partial charge in [0.2, 0.25) is 0 Å². The SMILES string of the molecule is Ic1ccc2nc(C3CC3)cn2n1.OCc1c(C2CC2)nc2ccc(I)nn12. The molecule has 2 aliphatic rings. The standard InChI is InChI=1S/C10H10IN3O.C9H8IN3/c11-8-3-4-9-12-10(6-1-2-6)7(5-15)14(9)13-8;10-8-3-4-9-11-7(6-1-2-6)5-13(9)12-8/h3-4,6,15H,1-2,5H2;3-6H,1-2H2. The van der Waals surface area contributed by atoms with Crippen LogP contribution in [-0.4, -0.2) is 34.3 Å². The number of aliphatic hydroxyl groups excluding tert-OH is 1. The van der Waals surface area contributed by atoms with Crippen molar-refractivity contribution in [3.05, 3.63) is 54.9 Å². The number of rotatable bonds is 3. The Labute approximate surface area is 188 Å². The zero-order chi connectivity index (χ0) is 19.3. The molecule has 4 aromatic rings. The first-order chi connectivity index (χ1) is 13.6. The molecule has 144 valence electrons. The van der Waals surface area contributed by atoms with Gasteiger partial charge in [-0.1, -0.05) is 0 Å². The molecular formula is C19H18I2N6O. The molecule has 2 saturated carbocycles. The Balaban J connectivity index is 0.000000123. The first-order valence-corrected chi connectivity index (χ1v) is 11.4. The molecule has 9 heteroatoms. The van der Waals surface area contributed by atoms with Crippen LogP contribution < -0.4 is 0 Å². The topological polar surface area (TPSA) is 80.6 Å². The first kappa shape index (κ1) is 18.7. The molecule has 2 aliphatic carbocycles. The van der Waals surface area contributed by atoms with Gasteiger partial charge in [-0.05, 0) is 95.1 Å². The van der Waals surface area contributed by atoms with Gasteiger partial charge in [0.05, 0.1) is 29.9 Å². The minimum absolute atomic E-state index is 0.0140. The third-order valence-corrected chi connectivity index (χ3v) is 6.14. The van der Waals surface area contributed by atoms with Crippen LogP contribution in [0.1, 0.15) is 54.6 Å². The average Bonchev–Trinajstić information content (AvgIpc) is 3.61. The highest BCUT2D eigenvalue weighted by molar-refractivity contribution is 14.1. The third kappa shape index (κ3) is 3.75. The Morgan fingerprint density at radius 3 is 2.25 bits per heavy atom. The van der Waals surface area contributed by atoms with Crippen LogP contribution >= 0.6 is 45.2 Å². The zero-order valence-electron chi connectivity index (χ0n) is 15.0. The van der Waals surface area contributed by atoms with E-state index in [1.165, 1.54) is 31.4 Å². The predicted octanol–water partition coefficient (Wildman–Crippen LogP) is 3.91. The lowest BCUT2D eigenvalue weighted by molar-refractivity contribution is 0.272. The van der Waals surface area contributed by atoms with Crippen LogP contribution in [0.25, 0.3) is 11.3 Å². The summed E-state index contributed by atoms with van der Waals surface area (Å²) >= 11 is 4.37. The van der Waals surface area contributed by atoms with Gasteiger partial charge in [0, 0.05) is 11.8 Å². The van der Waals surface area contributed by atoms with E-state index in [0.717, 1.165) is 30.1 Å². The Hall–Kier alpha value is -1.34. The number of imidazole rings is 2. The molecule has 0 radical (unpaired) electrons. The van der Waals surface area contributed by atoms with E-state index in [1.807, 2.05) is 28.8 Å². The molecule has 0 aromatic carbocycles. The van der Waals surface area contributed by atoms with Gasteiger partial charge in [0.1, 0.15) is 7.40 Å². The summed E-state index contributed by atoms with van der Waals surface area (Å²) in [6.45, 7) is 0.0140. The van der Waals surface area contributed by atoms with Crippen molar-refractivity contribution in [3.8, 4) is 0 Å². The highest BCUT2D eigenvalue weighted by atomic mass is 127. The van der Waals surface area contributed by atoms with Crippen LogP contribution in [0.4, 0.5) is 0 Å². The molecule has 0 atom stereocenters. The summed E-state index contributed by atoms with van der Waals surface area (Å²) in [4.78, 5) is 9.04. The molecule has 0 spiro atoms. The Morgan fingerprint density at radius 1 is 0.893 bits per heavy atom. The maximum atomic E-state index is 9.37. The number of aliphatic hydroxyl groups is 1. The lowest BCUT2D eigenvalue weighted by Gasteiger charge is -1.98. The molecule has 6 rings (SSSR count). The summed E-state index contributed by atoms with van der Waals surface area (Å²) in [7, 11) is 0. The second-order valence-electron chi connectivity index (χ2n) is 7.20. The van der Waals surface area contributed by atoms with Gasteiger partial charge >= 0.3 is 0 Å². The lowest BCUT2D eigenvalue weighted by atomic mass is 10.2. The summed E-state index contributed by atoms with van der Waals surface area (Å²) < 4.78 is 5.55. The van der Waals surface area contributed by atoms with Crippen molar-refractivity contribution in [2.45, 2.75) is 44.1 Å². The van der Waals surface area contributed by atoms with E-state index in [0.29, 0.717) is 11.8 Å². The van der Waals surface area contributed by atoms with Gasteiger partial charge in [-0.15, -0.1) is 0 Å². The summed E-state index contributed by atoms with van der Waals surface area (Å²) in [5.74, 6) is 1.26. The van der Waals surface area contributed by atoms with Crippen LogP contribution in [0, 0.1) is 7.40 Å². The van der Waals surface area contributed by atoms with E-state index in [2.05, 4.69) is 71.5 Å². The number of hydrogen-bond acceptors (Lipinski definition) is 5. The van der Waals surface area contributed by atoms with E-state index in [1.54, 1.807) is 4.52 Å². The molecule has 0 unspecified atom stereocenters. The van der Waals surface area contributed by atoms with Gasteiger partial charge in [-0.3, -0.25) is 0 Å². The maximum Gasteiger partial charge on any atom is 0.154 e. The van der Waals surface area contributed by atoms with Gasteiger partial charge in [-0.25, -0.2) is 19.0 Å². The molecule has 4 aromatic heterocycles. The van der Waals surface area contributed by atoms with E-state index in [-0.39, 0.29) is 6.61 Å². The predicted molar refractivity (Wildman–Crippen MR) is 121 cm³/mol. The number of aromatic nitrogens is 6. The van der Waals surface area contributed by atoms with E-state index in [9.17, 15) is 5.11 Å². The normalized spacial score (nSPS) is 16.4. The minimum Gasteiger partial charge on any atom is -0.390 e. The average molecular weight is 600 g/mol. The molecule has 1 N–H and O–H groups in total. The van der Waals surface area contributed by atoms with Crippen LogP contribution in [0.5, 0.6) is 0 Å².